The summed E-state index contributed by atoms with van der Waals surface area (Å²) in [5.41, 5.74) is 1.77. The Hall–Kier alpha value is -4.17. The predicted molar refractivity (Wildman–Crippen MR) is 134 cm³/mol. The van der Waals surface area contributed by atoms with Gasteiger partial charge in [-0.1, -0.05) is 23.7 Å². The molecule has 4 aromatic rings. The summed E-state index contributed by atoms with van der Waals surface area (Å²) in [6.07, 6.45) is 0. The van der Waals surface area contributed by atoms with Crippen molar-refractivity contribution in [2.24, 2.45) is 0 Å². The third-order valence-electron chi connectivity index (χ3n) is 5.49. The highest BCUT2D eigenvalue weighted by Gasteiger charge is 2.23. The Morgan fingerprint density at radius 3 is 2.17 bits per heavy atom. The van der Waals surface area contributed by atoms with Crippen LogP contribution in [0.1, 0.15) is 26.4 Å². The molecule has 0 spiro atoms. The number of fused-ring (bicyclic) bond motifs is 1. The third-order valence-corrected chi connectivity index (χ3v) is 5.72. The molecule has 0 fully saturated rings. The van der Waals surface area contributed by atoms with Crippen LogP contribution in [0.25, 0.3) is 10.9 Å². The van der Waals surface area contributed by atoms with Gasteiger partial charge in [0.15, 0.2) is 11.5 Å². The number of benzene rings is 3. The van der Waals surface area contributed by atoms with Crippen molar-refractivity contribution in [3.8, 4) is 23.0 Å². The molecule has 1 heterocycles. The highest BCUT2D eigenvalue weighted by atomic mass is 35.5. The van der Waals surface area contributed by atoms with E-state index in [0.29, 0.717) is 50.2 Å². The van der Waals surface area contributed by atoms with Gasteiger partial charge in [-0.05, 0) is 42.5 Å². The van der Waals surface area contributed by atoms with E-state index in [9.17, 15) is 9.59 Å². The second kappa shape index (κ2) is 9.99. The topological polar surface area (TPSA) is 98.9 Å². The van der Waals surface area contributed by atoms with Gasteiger partial charge in [-0.3, -0.25) is 9.59 Å². The normalized spacial score (nSPS) is 10.7. The van der Waals surface area contributed by atoms with Crippen molar-refractivity contribution in [3.63, 3.8) is 0 Å². The number of nitrogens with one attached hydrogen (secondary N) is 2. The highest BCUT2D eigenvalue weighted by molar-refractivity contribution is 6.31. The first-order chi connectivity index (χ1) is 16.9. The summed E-state index contributed by atoms with van der Waals surface area (Å²) in [6, 6.07) is 15.0. The molecule has 0 aliphatic rings. The van der Waals surface area contributed by atoms with Gasteiger partial charge in [0.2, 0.25) is 11.5 Å². The zero-order valence-electron chi connectivity index (χ0n) is 19.5. The van der Waals surface area contributed by atoms with E-state index in [0.717, 1.165) is 0 Å². The van der Waals surface area contributed by atoms with Gasteiger partial charge in [-0.25, -0.2) is 0 Å². The molecule has 0 saturated heterocycles. The predicted octanol–water partition coefficient (Wildman–Crippen LogP) is 5.34. The minimum atomic E-state index is -0.472. The summed E-state index contributed by atoms with van der Waals surface area (Å²) >= 11 is 6.16. The zero-order chi connectivity index (χ0) is 25.1. The SMILES string of the molecule is COc1cccc(C(=O)c2[nH]c3cc(Cl)ccc3c2NC(=O)c2cc(OC)c(OC)c(OC)c2)c1. The lowest BCUT2D eigenvalue weighted by Gasteiger charge is -2.14. The fourth-order valence-electron chi connectivity index (χ4n) is 3.78. The number of hydrogen-bond acceptors (Lipinski definition) is 6. The number of H-pyrrole nitrogens is 1. The molecule has 0 aliphatic carbocycles. The molecule has 0 aliphatic heterocycles. The Balaban J connectivity index is 1.80. The van der Waals surface area contributed by atoms with Crippen LogP contribution in [0, 0.1) is 0 Å². The van der Waals surface area contributed by atoms with Gasteiger partial charge in [-0.2, -0.15) is 0 Å². The number of carbonyl (C=O) groups is 2. The van der Waals surface area contributed by atoms with Crippen LogP contribution >= 0.6 is 11.6 Å². The van der Waals surface area contributed by atoms with Crippen LogP contribution in [0.2, 0.25) is 5.02 Å². The molecule has 9 heteroatoms. The van der Waals surface area contributed by atoms with Gasteiger partial charge in [0.05, 0.1) is 34.1 Å². The zero-order valence-corrected chi connectivity index (χ0v) is 20.3. The van der Waals surface area contributed by atoms with Crippen molar-refractivity contribution in [2.45, 2.75) is 0 Å². The van der Waals surface area contributed by atoms with E-state index < -0.39 is 5.91 Å². The summed E-state index contributed by atoms with van der Waals surface area (Å²) in [5, 5.41) is 3.99. The molecule has 2 N–H and O–H groups in total. The van der Waals surface area contributed by atoms with Crippen LogP contribution in [0.15, 0.2) is 54.6 Å². The number of rotatable bonds is 8. The van der Waals surface area contributed by atoms with Gasteiger partial charge < -0.3 is 29.2 Å². The number of anilines is 1. The van der Waals surface area contributed by atoms with E-state index in [1.165, 1.54) is 40.6 Å². The van der Waals surface area contributed by atoms with Gasteiger partial charge in [0.25, 0.3) is 5.91 Å². The summed E-state index contributed by atoms with van der Waals surface area (Å²) in [7, 11) is 5.94. The number of hydrogen-bond donors (Lipinski definition) is 2. The highest BCUT2D eigenvalue weighted by Crippen LogP contribution is 2.39. The van der Waals surface area contributed by atoms with E-state index in [2.05, 4.69) is 10.3 Å². The first kappa shape index (κ1) is 24.0. The van der Waals surface area contributed by atoms with E-state index in [4.69, 9.17) is 30.5 Å². The van der Waals surface area contributed by atoms with Crippen molar-refractivity contribution >= 4 is 39.9 Å². The van der Waals surface area contributed by atoms with Crippen molar-refractivity contribution in [1.82, 2.24) is 4.98 Å². The first-order valence-electron chi connectivity index (χ1n) is 10.5. The van der Waals surface area contributed by atoms with Crippen molar-refractivity contribution < 1.29 is 28.5 Å². The monoisotopic (exact) mass is 494 g/mol. The van der Waals surface area contributed by atoms with Crippen LogP contribution in [-0.2, 0) is 0 Å². The summed E-state index contributed by atoms with van der Waals surface area (Å²) in [4.78, 5) is 29.9. The second-order valence-electron chi connectivity index (χ2n) is 7.49. The molecule has 0 atom stereocenters. The van der Waals surface area contributed by atoms with Crippen molar-refractivity contribution in [1.29, 1.82) is 0 Å². The fourth-order valence-corrected chi connectivity index (χ4v) is 3.95. The van der Waals surface area contributed by atoms with Crippen LogP contribution in [-0.4, -0.2) is 45.1 Å². The number of ether oxygens (including phenoxy) is 4. The second-order valence-corrected chi connectivity index (χ2v) is 7.93. The number of aromatic amines is 1. The number of carbonyl (C=O) groups excluding carboxylic acids is 2. The molecule has 1 aromatic heterocycles. The minimum absolute atomic E-state index is 0.205. The molecular weight excluding hydrogens is 472 g/mol. The lowest BCUT2D eigenvalue weighted by atomic mass is 10.1. The van der Waals surface area contributed by atoms with Crippen molar-refractivity contribution in [2.75, 3.05) is 33.8 Å². The lowest BCUT2D eigenvalue weighted by Crippen LogP contribution is -2.15. The quantitative estimate of drug-likeness (QED) is 0.321. The molecule has 0 radical (unpaired) electrons. The number of amides is 1. The Morgan fingerprint density at radius 2 is 1.54 bits per heavy atom. The Morgan fingerprint density at radius 1 is 0.829 bits per heavy atom. The van der Waals surface area contributed by atoms with Gasteiger partial charge in [-0.15, -0.1) is 0 Å². The largest absolute Gasteiger partial charge is 0.497 e. The van der Waals surface area contributed by atoms with Crippen LogP contribution in [0.4, 0.5) is 5.69 Å². The van der Waals surface area contributed by atoms with Gasteiger partial charge in [0.1, 0.15) is 11.4 Å². The Labute approximate surface area is 206 Å². The molecule has 180 valence electrons. The third kappa shape index (κ3) is 4.61. The van der Waals surface area contributed by atoms with E-state index in [-0.39, 0.29) is 17.0 Å². The molecule has 0 saturated carbocycles. The first-order valence-corrected chi connectivity index (χ1v) is 10.9. The lowest BCUT2D eigenvalue weighted by molar-refractivity contribution is 0.102. The fraction of sp³-hybridized carbons (Fsp3) is 0.154. The summed E-state index contributed by atoms with van der Waals surface area (Å²) in [6.45, 7) is 0. The van der Waals surface area contributed by atoms with Gasteiger partial charge in [0, 0.05) is 27.1 Å². The maximum Gasteiger partial charge on any atom is 0.256 e. The molecule has 35 heavy (non-hydrogen) atoms. The van der Waals surface area contributed by atoms with Gasteiger partial charge >= 0.3 is 0 Å². The molecule has 4 rings (SSSR count). The summed E-state index contributed by atoms with van der Waals surface area (Å²) < 4.78 is 21.3. The molecule has 0 unspecified atom stereocenters. The van der Waals surface area contributed by atoms with E-state index in [1.54, 1.807) is 42.5 Å². The van der Waals surface area contributed by atoms with Crippen molar-refractivity contribution in [3.05, 3.63) is 76.4 Å². The van der Waals surface area contributed by atoms with Crippen LogP contribution in [0.5, 0.6) is 23.0 Å². The average molecular weight is 495 g/mol. The molecule has 1 amide bonds. The molecule has 8 nitrogen and oxygen atoms in total. The summed E-state index contributed by atoms with van der Waals surface area (Å²) in [5.74, 6) is 0.766. The maximum atomic E-state index is 13.5. The average Bonchev–Trinajstić information content (AvgIpc) is 3.24. The van der Waals surface area contributed by atoms with E-state index >= 15 is 0 Å². The maximum absolute atomic E-state index is 13.5. The molecule has 3 aromatic carbocycles. The minimum Gasteiger partial charge on any atom is -0.497 e. The Kier molecular flexibility index (Phi) is 6.84. The number of aromatic nitrogens is 1. The Bertz CT molecular complexity index is 1400. The van der Waals surface area contributed by atoms with Crippen LogP contribution in [0.3, 0.4) is 0 Å². The van der Waals surface area contributed by atoms with E-state index in [1.807, 2.05) is 0 Å². The standard InChI is InChI=1S/C26H23ClN2O6/c1-32-17-7-5-6-14(10-17)24(30)23-22(18-9-8-16(27)13-19(18)28-23)29-26(31)15-11-20(33-2)25(35-4)21(12-15)34-3/h5-13,28H,1-4H3,(H,29,31). The number of halogens is 1. The number of methoxy groups -OCH3 is 4. The molecule has 0 bridgehead atoms. The molecular formula is C26H23ClN2O6. The smallest absolute Gasteiger partial charge is 0.256 e. The number of ketones is 1. The van der Waals surface area contributed by atoms with Crippen LogP contribution < -0.4 is 24.3 Å².